The summed E-state index contributed by atoms with van der Waals surface area (Å²) in [4.78, 5) is 14.4. The van der Waals surface area contributed by atoms with Crippen LogP contribution in [0.3, 0.4) is 0 Å². The van der Waals surface area contributed by atoms with Gasteiger partial charge in [0.2, 0.25) is 0 Å². The van der Waals surface area contributed by atoms with Crippen molar-refractivity contribution in [2.45, 2.75) is 44.8 Å². The maximum absolute atomic E-state index is 12.8. The van der Waals surface area contributed by atoms with Gasteiger partial charge in [-0.1, -0.05) is 59.3 Å². The molecule has 174 valence electrons. The normalized spacial score (nSPS) is 13.2. The summed E-state index contributed by atoms with van der Waals surface area (Å²) in [6, 6.07) is 19.1. The van der Waals surface area contributed by atoms with E-state index in [9.17, 15) is 9.90 Å². The van der Waals surface area contributed by atoms with E-state index in [1.807, 2.05) is 87.6 Å². The molecule has 0 bridgehead atoms. The molecule has 1 heterocycles. The van der Waals surface area contributed by atoms with Gasteiger partial charge in [-0.25, -0.2) is 9.48 Å². The van der Waals surface area contributed by atoms with Crippen LogP contribution in [0.5, 0.6) is 0 Å². The monoisotopic (exact) mass is 448 g/mol. The summed E-state index contributed by atoms with van der Waals surface area (Å²) in [7, 11) is 1.35. The molecule has 33 heavy (non-hydrogen) atoms. The number of methoxy groups -OCH3 is 1. The topological polar surface area (TPSA) is 80.5 Å². The van der Waals surface area contributed by atoms with Gasteiger partial charge < -0.3 is 9.84 Å². The Morgan fingerprint density at radius 2 is 1.73 bits per heavy atom. The Kier molecular flexibility index (Phi) is 7.33. The van der Waals surface area contributed by atoms with Crippen molar-refractivity contribution in [3.05, 3.63) is 90.3 Å². The van der Waals surface area contributed by atoms with Gasteiger partial charge in [0.15, 0.2) is 0 Å². The number of hydrogen-bond acceptors (Lipinski definition) is 5. The molecule has 1 unspecified atom stereocenters. The van der Waals surface area contributed by atoms with Crippen LogP contribution in [0.25, 0.3) is 5.69 Å². The van der Waals surface area contributed by atoms with E-state index in [1.165, 1.54) is 7.11 Å². The van der Waals surface area contributed by atoms with Crippen molar-refractivity contribution in [1.82, 2.24) is 19.9 Å². The molecule has 0 radical (unpaired) electrons. The molecule has 3 rings (SSSR count). The van der Waals surface area contributed by atoms with Gasteiger partial charge >= 0.3 is 6.09 Å². The van der Waals surface area contributed by atoms with Crippen molar-refractivity contribution in [1.29, 1.82) is 0 Å². The maximum Gasteiger partial charge on any atom is 0.410 e. The van der Waals surface area contributed by atoms with Crippen molar-refractivity contribution in [2.24, 2.45) is 0 Å². The lowest BCUT2D eigenvalue weighted by atomic mass is 9.84. The smallest absolute Gasteiger partial charge is 0.410 e. The predicted molar refractivity (Wildman–Crippen MR) is 128 cm³/mol. The second kappa shape index (κ2) is 10.0. The second-order valence-corrected chi connectivity index (χ2v) is 8.85. The highest BCUT2D eigenvalue weighted by Crippen LogP contribution is 2.34. The van der Waals surface area contributed by atoms with Gasteiger partial charge in [-0.15, -0.1) is 11.7 Å². The summed E-state index contributed by atoms with van der Waals surface area (Å²) < 4.78 is 6.77. The largest absolute Gasteiger partial charge is 0.453 e. The van der Waals surface area contributed by atoms with Crippen LogP contribution in [0.2, 0.25) is 0 Å². The summed E-state index contributed by atoms with van der Waals surface area (Å²) >= 11 is 0. The molecular formula is C26H32N4O3. The Balaban J connectivity index is 1.89. The summed E-state index contributed by atoms with van der Waals surface area (Å²) in [5, 5.41) is 20.2. The zero-order valence-electron chi connectivity index (χ0n) is 19.7. The standard InChI is InChI=1S/C26H32N4O3/c1-20(2)18-26(32,21-12-8-6-9-13-21)16-17-29(24(31)33-5)25(3,4)23-19-30(28-27-23)22-14-10-7-11-15-22/h6-15,19,32H,1,16-18H2,2-5H3. The van der Waals surface area contributed by atoms with Crippen molar-refractivity contribution in [3.8, 4) is 5.69 Å². The lowest BCUT2D eigenvalue weighted by Crippen LogP contribution is -2.48. The number of aromatic nitrogens is 3. The van der Waals surface area contributed by atoms with Gasteiger partial charge in [0, 0.05) is 13.0 Å². The van der Waals surface area contributed by atoms with Crippen molar-refractivity contribution in [3.63, 3.8) is 0 Å². The molecule has 0 spiro atoms. The zero-order valence-corrected chi connectivity index (χ0v) is 19.7. The predicted octanol–water partition coefficient (Wildman–Crippen LogP) is 4.81. The Bertz CT molecular complexity index is 1080. The molecule has 7 heteroatoms. The summed E-state index contributed by atoms with van der Waals surface area (Å²) in [6.45, 7) is 9.90. The molecule has 0 aliphatic heterocycles. The number of para-hydroxylation sites is 1. The number of hydrogen-bond donors (Lipinski definition) is 1. The molecule has 1 atom stereocenters. The van der Waals surface area contributed by atoms with Crippen LogP contribution in [0.1, 0.15) is 44.9 Å². The third-order valence-electron chi connectivity index (χ3n) is 5.87. The average molecular weight is 449 g/mol. The SMILES string of the molecule is C=C(C)CC(O)(CCN(C(=O)OC)C(C)(C)c1cn(-c2ccccc2)nn1)c1ccccc1. The Hall–Kier alpha value is -3.45. The van der Waals surface area contributed by atoms with Crippen LogP contribution in [-0.2, 0) is 15.9 Å². The van der Waals surface area contributed by atoms with E-state index >= 15 is 0 Å². The highest BCUT2D eigenvalue weighted by Gasteiger charge is 2.38. The fraction of sp³-hybridized carbons (Fsp3) is 0.346. The number of rotatable bonds is 9. The quantitative estimate of drug-likeness (QED) is 0.475. The van der Waals surface area contributed by atoms with Crippen LogP contribution in [-0.4, -0.2) is 44.7 Å². The fourth-order valence-electron chi connectivity index (χ4n) is 3.98. The van der Waals surface area contributed by atoms with Gasteiger partial charge in [0.05, 0.1) is 30.1 Å². The number of ether oxygens (including phenoxy) is 1. The first-order chi connectivity index (χ1) is 15.7. The van der Waals surface area contributed by atoms with Crippen LogP contribution >= 0.6 is 0 Å². The molecular weight excluding hydrogens is 416 g/mol. The molecule has 1 N–H and O–H groups in total. The first-order valence-electron chi connectivity index (χ1n) is 10.9. The van der Waals surface area contributed by atoms with Gasteiger partial charge in [0.25, 0.3) is 0 Å². The molecule has 0 aliphatic rings. The molecule has 3 aromatic rings. The Labute approximate surface area is 195 Å². The molecule has 0 saturated heterocycles. The van der Waals surface area contributed by atoms with Crippen LogP contribution in [0, 0.1) is 0 Å². The van der Waals surface area contributed by atoms with Crippen LogP contribution in [0.15, 0.2) is 79.0 Å². The van der Waals surface area contributed by atoms with Crippen molar-refractivity contribution in [2.75, 3.05) is 13.7 Å². The highest BCUT2D eigenvalue weighted by atomic mass is 16.5. The lowest BCUT2D eigenvalue weighted by molar-refractivity contribution is 0.00397. The van der Waals surface area contributed by atoms with Crippen molar-refractivity contribution < 1.29 is 14.6 Å². The van der Waals surface area contributed by atoms with Crippen LogP contribution in [0.4, 0.5) is 4.79 Å². The van der Waals surface area contributed by atoms with E-state index in [0.717, 1.165) is 16.8 Å². The number of nitrogens with zero attached hydrogens (tertiary/aromatic N) is 4. The van der Waals surface area contributed by atoms with Gasteiger partial charge in [0.1, 0.15) is 5.69 Å². The molecule has 0 aliphatic carbocycles. The van der Waals surface area contributed by atoms with Gasteiger partial charge in [-0.05, 0) is 44.9 Å². The summed E-state index contributed by atoms with van der Waals surface area (Å²) in [5.41, 5.74) is 1.12. The third-order valence-corrected chi connectivity index (χ3v) is 5.87. The Morgan fingerprint density at radius 3 is 2.30 bits per heavy atom. The Morgan fingerprint density at radius 1 is 1.12 bits per heavy atom. The minimum atomic E-state index is -1.17. The highest BCUT2D eigenvalue weighted by molar-refractivity contribution is 5.68. The van der Waals surface area contributed by atoms with Crippen LogP contribution < -0.4 is 0 Å². The summed E-state index contributed by atoms with van der Waals surface area (Å²) in [5.74, 6) is 0. The zero-order chi connectivity index (χ0) is 24.1. The average Bonchev–Trinajstić information content (AvgIpc) is 3.31. The molecule has 0 saturated carbocycles. The van der Waals surface area contributed by atoms with E-state index in [4.69, 9.17) is 4.74 Å². The van der Waals surface area contributed by atoms with E-state index in [0.29, 0.717) is 18.5 Å². The van der Waals surface area contributed by atoms with Gasteiger partial charge in [-0.2, -0.15) is 0 Å². The lowest BCUT2D eigenvalue weighted by Gasteiger charge is -2.38. The first-order valence-corrected chi connectivity index (χ1v) is 10.9. The first kappa shape index (κ1) is 24.2. The fourth-order valence-corrected chi connectivity index (χ4v) is 3.98. The molecule has 1 amide bonds. The van der Waals surface area contributed by atoms with E-state index in [-0.39, 0.29) is 6.54 Å². The molecule has 7 nitrogen and oxygen atoms in total. The number of carbonyl (C=O) groups is 1. The third kappa shape index (κ3) is 5.49. The summed E-state index contributed by atoms with van der Waals surface area (Å²) in [6.07, 6.45) is 1.99. The van der Waals surface area contributed by atoms with Gasteiger partial charge in [-0.3, -0.25) is 4.90 Å². The minimum absolute atomic E-state index is 0.247. The maximum atomic E-state index is 12.8. The minimum Gasteiger partial charge on any atom is -0.453 e. The molecule has 2 aromatic carbocycles. The number of aliphatic hydroxyl groups is 1. The van der Waals surface area contributed by atoms with E-state index in [2.05, 4.69) is 16.9 Å². The molecule has 1 aromatic heterocycles. The van der Waals surface area contributed by atoms with E-state index < -0.39 is 17.2 Å². The second-order valence-electron chi connectivity index (χ2n) is 8.85. The molecule has 0 fully saturated rings. The van der Waals surface area contributed by atoms with E-state index in [1.54, 1.807) is 9.58 Å². The number of benzene rings is 2. The van der Waals surface area contributed by atoms with Crippen molar-refractivity contribution >= 4 is 6.09 Å². The number of amides is 1. The number of carbonyl (C=O) groups excluding carboxylic acids is 1.